The van der Waals surface area contributed by atoms with Crippen molar-refractivity contribution in [2.45, 2.75) is 13.3 Å². The van der Waals surface area contributed by atoms with Crippen molar-refractivity contribution in [2.75, 3.05) is 0 Å². The van der Waals surface area contributed by atoms with Crippen molar-refractivity contribution in [3.63, 3.8) is 0 Å². The number of carbonyl (C=O) groups is 1. The van der Waals surface area contributed by atoms with Crippen LogP contribution in [-0.2, 0) is 4.79 Å². The van der Waals surface area contributed by atoms with Crippen molar-refractivity contribution in [3.8, 4) is 0 Å². The van der Waals surface area contributed by atoms with E-state index in [-0.39, 0.29) is 5.41 Å². The molecule has 0 aliphatic heterocycles. The first kappa shape index (κ1) is 6.84. The van der Waals surface area contributed by atoms with Crippen LogP contribution in [0, 0.1) is 17.3 Å². The van der Waals surface area contributed by atoms with Crippen molar-refractivity contribution >= 4 is 6.29 Å². The summed E-state index contributed by atoms with van der Waals surface area (Å²) in [6, 6.07) is 0. The van der Waals surface area contributed by atoms with Crippen LogP contribution in [0.3, 0.4) is 0 Å². The molecular formula is C10H12O. The number of allylic oxidation sites excluding steroid dienone is 3. The molecule has 1 fully saturated rings. The molecule has 0 heterocycles. The Bertz CT molecular complexity index is 252. The molecule has 0 aromatic carbocycles. The molecule has 2 bridgehead atoms. The molecule has 3 unspecified atom stereocenters. The summed E-state index contributed by atoms with van der Waals surface area (Å²) in [7, 11) is 0. The van der Waals surface area contributed by atoms with Crippen LogP contribution in [0.4, 0.5) is 0 Å². The van der Waals surface area contributed by atoms with E-state index in [4.69, 9.17) is 0 Å². The van der Waals surface area contributed by atoms with E-state index in [0.29, 0.717) is 11.8 Å². The van der Waals surface area contributed by atoms with Crippen molar-refractivity contribution in [1.82, 2.24) is 0 Å². The molecule has 3 atom stereocenters. The van der Waals surface area contributed by atoms with E-state index in [1.807, 2.05) is 6.92 Å². The Kier molecular flexibility index (Phi) is 1.15. The molecule has 2 rings (SSSR count). The number of hydrogen-bond acceptors (Lipinski definition) is 1. The second-order valence-electron chi connectivity index (χ2n) is 3.76. The minimum atomic E-state index is -0.251. The maximum atomic E-state index is 10.8. The topological polar surface area (TPSA) is 17.1 Å². The lowest BCUT2D eigenvalue weighted by atomic mass is 9.76. The molecule has 0 saturated heterocycles. The van der Waals surface area contributed by atoms with Gasteiger partial charge < -0.3 is 4.79 Å². The Hall–Kier alpha value is -0.850. The first-order valence-corrected chi connectivity index (χ1v) is 4.02. The summed E-state index contributed by atoms with van der Waals surface area (Å²) in [5.41, 5.74) is 0.861. The highest BCUT2D eigenvalue weighted by Crippen LogP contribution is 2.53. The average molecular weight is 148 g/mol. The fraction of sp³-hybridized carbons (Fsp3) is 0.500. The van der Waals surface area contributed by atoms with Crippen LogP contribution in [0.2, 0.25) is 0 Å². The highest BCUT2D eigenvalue weighted by atomic mass is 16.1. The van der Waals surface area contributed by atoms with E-state index in [2.05, 4.69) is 18.7 Å². The third-order valence-electron chi connectivity index (χ3n) is 3.24. The molecule has 1 heteroatoms. The summed E-state index contributed by atoms with van der Waals surface area (Å²) in [4.78, 5) is 10.8. The van der Waals surface area contributed by atoms with Crippen molar-refractivity contribution in [2.24, 2.45) is 17.3 Å². The molecule has 1 saturated carbocycles. The molecule has 2 aliphatic carbocycles. The van der Waals surface area contributed by atoms with E-state index in [0.717, 1.165) is 18.3 Å². The average Bonchev–Trinajstić information content (AvgIpc) is 2.56. The van der Waals surface area contributed by atoms with Gasteiger partial charge in [-0.3, -0.25) is 0 Å². The Morgan fingerprint density at radius 1 is 1.73 bits per heavy atom. The summed E-state index contributed by atoms with van der Waals surface area (Å²) < 4.78 is 0. The number of hydrogen-bond donors (Lipinski definition) is 0. The van der Waals surface area contributed by atoms with Gasteiger partial charge in [0.2, 0.25) is 0 Å². The summed E-state index contributed by atoms with van der Waals surface area (Å²) in [5, 5.41) is 0. The van der Waals surface area contributed by atoms with Crippen molar-refractivity contribution in [3.05, 3.63) is 24.3 Å². The third kappa shape index (κ3) is 0.635. The summed E-state index contributed by atoms with van der Waals surface area (Å²) in [6.07, 6.45) is 6.50. The highest BCUT2D eigenvalue weighted by Gasteiger charge is 2.47. The number of fused-ring (bicyclic) bond motifs is 2. The SMILES string of the molecule is C=C1C2C=CC(C2)C1(C)C=O. The fourth-order valence-electron chi connectivity index (χ4n) is 2.20. The molecule has 0 radical (unpaired) electrons. The summed E-state index contributed by atoms with van der Waals surface area (Å²) in [6.45, 7) is 5.97. The second kappa shape index (κ2) is 1.84. The second-order valence-corrected chi connectivity index (χ2v) is 3.76. The molecule has 11 heavy (non-hydrogen) atoms. The quantitative estimate of drug-likeness (QED) is 0.410. The van der Waals surface area contributed by atoms with Gasteiger partial charge in [-0.15, -0.1) is 0 Å². The molecule has 0 aromatic heterocycles. The Labute approximate surface area is 66.8 Å². The lowest BCUT2D eigenvalue weighted by Gasteiger charge is -2.26. The minimum Gasteiger partial charge on any atom is -0.302 e. The standard InChI is InChI=1S/C10H12O/c1-7-8-3-4-9(5-8)10(7,2)6-11/h3-4,6,8-9H,1,5H2,2H3. The molecule has 0 spiro atoms. The fourth-order valence-corrected chi connectivity index (χ4v) is 2.20. The van der Waals surface area contributed by atoms with E-state index in [1.54, 1.807) is 0 Å². The van der Waals surface area contributed by atoms with Gasteiger partial charge in [-0.2, -0.15) is 0 Å². The maximum Gasteiger partial charge on any atom is 0.130 e. The first-order valence-electron chi connectivity index (χ1n) is 4.02. The van der Waals surface area contributed by atoms with Crippen LogP contribution >= 0.6 is 0 Å². The van der Waals surface area contributed by atoms with E-state index < -0.39 is 0 Å². The molecule has 1 nitrogen and oxygen atoms in total. The number of carbonyl (C=O) groups excluding carboxylic acids is 1. The van der Waals surface area contributed by atoms with Gasteiger partial charge in [-0.05, 0) is 25.2 Å². The van der Waals surface area contributed by atoms with Gasteiger partial charge in [0.15, 0.2) is 0 Å². The van der Waals surface area contributed by atoms with Crippen LogP contribution in [0.15, 0.2) is 24.3 Å². The predicted octanol–water partition coefficient (Wildman–Crippen LogP) is 1.95. The van der Waals surface area contributed by atoms with E-state index in [1.165, 1.54) is 0 Å². The molecule has 58 valence electrons. The Balaban J connectivity index is 2.46. The van der Waals surface area contributed by atoms with Crippen molar-refractivity contribution in [1.29, 1.82) is 0 Å². The minimum absolute atomic E-state index is 0.251. The monoisotopic (exact) mass is 148 g/mol. The summed E-state index contributed by atoms with van der Waals surface area (Å²) >= 11 is 0. The first-order chi connectivity index (χ1) is 5.18. The summed E-state index contributed by atoms with van der Waals surface area (Å²) in [5.74, 6) is 0.910. The molecule has 2 aliphatic rings. The predicted molar refractivity (Wildman–Crippen MR) is 44.0 cm³/mol. The smallest absolute Gasteiger partial charge is 0.130 e. The van der Waals surface area contributed by atoms with Gasteiger partial charge in [0, 0.05) is 0 Å². The van der Waals surface area contributed by atoms with Crippen LogP contribution in [0.5, 0.6) is 0 Å². The van der Waals surface area contributed by atoms with E-state index in [9.17, 15) is 4.79 Å². The van der Waals surface area contributed by atoms with Gasteiger partial charge >= 0.3 is 0 Å². The molecule has 0 aromatic rings. The molecule has 0 amide bonds. The van der Waals surface area contributed by atoms with Crippen LogP contribution in [0.1, 0.15) is 13.3 Å². The molecule has 0 N–H and O–H groups in total. The van der Waals surface area contributed by atoms with E-state index >= 15 is 0 Å². The number of aldehydes is 1. The normalized spacial score (nSPS) is 46.8. The van der Waals surface area contributed by atoms with Gasteiger partial charge in [-0.25, -0.2) is 0 Å². The lowest BCUT2D eigenvalue weighted by molar-refractivity contribution is -0.114. The zero-order chi connectivity index (χ0) is 8.06. The highest BCUT2D eigenvalue weighted by molar-refractivity contribution is 5.68. The zero-order valence-corrected chi connectivity index (χ0v) is 6.71. The Morgan fingerprint density at radius 3 is 2.82 bits per heavy atom. The third-order valence-corrected chi connectivity index (χ3v) is 3.24. The number of rotatable bonds is 1. The van der Waals surface area contributed by atoms with Gasteiger partial charge in [-0.1, -0.05) is 24.3 Å². The largest absolute Gasteiger partial charge is 0.302 e. The van der Waals surface area contributed by atoms with Gasteiger partial charge in [0.1, 0.15) is 6.29 Å². The maximum absolute atomic E-state index is 10.8. The zero-order valence-electron chi connectivity index (χ0n) is 6.71. The van der Waals surface area contributed by atoms with Gasteiger partial charge in [0.25, 0.3) is 0 Å². The van der Waals surface area contributed by atoms with Crippen LogP contribution in [0.25, 0.3) is 0 Å². The van der Waals surface area contributed by atoms with Crippen LogP contribution < -0.4 is 0 Å². The molecular weight excluding hydrogens is 136 g/mol. The Morgan fingerprint density at radius 2 is 2.45 bits per heavy atom. The van der Waals surface area contributed by atoms with Crippen LogP contribution in [-0.4, -0.2) is 6.29 Å². The lowest BCUT2D eigenvalue weighted by Crippen LogP contribution is -2.25. The van der Waals surface area contributed by atoms with Crippen molar-refractivity contribution < 1.29 is 4.79 Å². The van der Waals surface area contributed by atoms with Gasteiger partial charge in [0.05, 0.1) is 5.41 Å².